The SMILES string of the molecule is CC(C)c1c(C(=O)NCCCN)cnn1-c1ccc(Cl)cc1.Cl. The fourth-order valence-corrected chi connectivity index (χ4v) is 2.40. The van der Waals surface area contributed by atoms with Gasteiger partial charge in [0.1, 0.15) is 0 Å². The van der Waals surface area contributed by atoms with Gasteiger partial charge in [0.2, 0.25) is 0 Å². The second kappa shape index (κ2) is 8.91. The maximum Gasteiger partial charge on any atom is 0.254 e. The molecule has 1 aromatic heterocycles. The predicted molar refractivity (Wildman–Crippen MR) is 95.9 cm³/mol. The zero-order valence-corrected chi connectivity index (χ0v) is 14.8. The summed E-state index contributed by atoms with van der Waals surface area (Å²) in [7, 11) is 0. The first-order chi connectivity index (χ1) is 10.5. The Balaban J connectivity index is 0.00000264. The van der Waals surface area contributed by atoms with Crippen LogP contribution in [0.25, 0.3) is 5.69 Å². The Morgan fingerprint density at radius 1 is 1.35 bits per heavy atom. The van der Waals surface area contributed by atoms with E-state index in [1.165, 1.54) is 0 Å². The molecule has 2 rings (SSSR count). The van der Waals surface area contributed by atoms with Gasteiger partial charge < -0.3 is 11.1 Å². The highest BCUT2D eigenvalue weighted by atomic mass is 35.5. The van der Waals surface area contributed by atoms with E-state index in [0.717, 1.165) is 17.8 Å². The van der Waals surface area contributed by atoms with Gasteiger partial charge in [0.25, 0.3) is 5.91 Å². The van der Waals surface area contributed by atoms with Crippen LogP contribution in [0, 0.1) is 0 Å². The van der Waals surface area contributed by atoms with E-state index in [1.807, 2.05) is 38.1 Å². The van der Waals surface area contributed by atoms with Crippen LogP contribution < -0.4 is 11.1 Å². The third kappa shape index (κ3) is 4.70. The lowest BCUT2D eigenvalue weighted by Crippen LogP contribution is -2.27. The average molecular weight is 357 g/mol. The summed E-state index contributed by atoms with van der Waals surface area (Å²) >= 11 is 5.92. The second-order valence-electron chi connectivity index (χ2n) is 5.38. The van der Waals surface area contributed by atoms with E-state index in [4.69, 9.17) is 17.3 Å². The number of carbonyl (C=O) groups is 1. The third-order valence-corrected chi connectivity index (χ3v) is 3.59. The number of hydrogen-bond acceptors (Lipinski definition) is 3. The highest BCUT2D eigenvalue weighted by molar-refractivity contribution is 6.30. The van der Waals surface area contributed by atoms with Gasteiger partial charge in [-0.2, -0.15) is 5.10 Å². The highest BCUT2D eigenvalue weighted by Crippen LogP contribution is 2.23. The first-order valence-electron chi connectivity index (χ1n) is 7.36. The summed E-state index contributed by atoms with van der Waals surface area (Å²) in [6.07, 6.45) is 2.37. The first kappa shape index (κ1) is 19.5. The number of aromatic nitrogens is 2. The molecule has 2 aromatic rings. The first-order valence-corrected chi connectivity index (χ1v) is 7.74. The molecule has 0 saturated carbocycles. The van der Waals surface area contributed by atoms with Crippen molar-refractivity contribution in [2.75, 3.05) is 13.1 Å². The number of nitrogens with one attached hydrogen (secondary N) is 1. The molecule has 0 aliphatic rings. The van der Waals surface area contributed by atoms with Crippen molar-refractivity contribution >= 4 is 29.9 Å². The fraction of sp³-hybridized carbons (Fsp3) is 0.375. The topological polar surface area (TPSA) is 72.9 Å². The lowest BCUT2D eigenvalue weighted by molar-refractivity contribution is 0.0952. The molecule has 0 unspecified atom stereocenters. The summed E-state index contributed by atoms with van der Waals surface area (Å²) < 4.78 is 1.79. The number of carbonyl (C=O) groups excluding carboxylic acids is 1. The Hall–Kier alpha value is -1.56. The minimum atomic E-state index is -0.114. The Labute approximate surface area is 147 Å². The largest absolute Gasteiger partial charge is 0.352 e. The summed E-state index contributed by atoms with van der Waals surface area (Å²) in [5.74, 6) is 0.0470. The maximum atomic E-state index is 12.3. The maximum absolute atomic E-state index is 12.3. The van der Waals surface area contributed by atoms with Crippen LogP contribution in [0.15, 0.2) is 30.5 Å². The van der Waals surface area contributed by atoms with Gasteiger partial charge in [-0.3, -0.25) is 4.79 Å². The Morgan fingerprint density at radius 2 is 2.00 bits per heavy atom. The summed E-state index contributed by atoms with van der Waals surface area (Å²) in [6.45, 7) is 5.21. The molecule has 0 fully saturated rings. The van der Waals surface area contributed by atoms with Crippen LogP contribution in [0.4, 0.5) is 0 Å². The molecule has 23 heavy (non-hydrogen) atoms. The van der Waals surface area contributed by atoms with Gasteiger partial charge in [-0.1, -0.05) is 25.4 Å². The standard InChI is InChI=1S/C16H21ClN4O.ClH/c1-11(2)15-14(16(22)19-9-3-8-18)10-20-21(15)13-6-4-12(17)5-7-13;/h4-7,10-11H,3,8-9,18H2,1-2H3,(H,19,22);1H. The molecule has 0 aliphatic heterocycles. The Bertz CT molecular complexity index is 638. The monoisotopic (exact) mass is 356 g/mol. The van der Waals surface area contributed by atoms with Gasteiger partial charge in [0, 0.05) is 11.6 Å². The van der Waals surface area contributed by atoms with Gasteiger partial charge in [0.15, 0.2) is 0 Å². The predicted octanol–water partition coefficient (Wildman–Crippen LogP) is 3.15. The highest BCUT2D eigenvalue weighted by Gasteiger charge is 2.20. The molecular weight excluding hydrogens is 335 g/mol. The van der Waals surface area contributed by atoms with E-state index in [-0.39, 0.29) is 24.2 Å². The molecular formula is C16H22Cl2N4O. The quantitative estimate of drug-likeness (QED) is 0.780. The van der Waals surface area contributed by atoms with Crippen LogP contribution in [-0.4, -0.2) is 28.8 Å². The summed E-state index contributed by atoms with van der Waals surface area (Å²) in [6, 6.07) is 7.39. The van der Waals surface area contributed by atoms with Gasteiger partial charge in [-0.15, -0.1) is 12.4 Å². The molecule has 1 amide bonds. The minimum absolute atomic E-state index is 0. The molecule has 0 radical (unpaired) electrons. The van der Waals surface area contributed by atoms with Gasteiger partial charge in [-0.05, 0) is 43.1 Å². The van der Waals surface area contributed by atoms with Gasteiger partial charge in [0.05, 0.1) is 23.1 Å². The van der Waals surface area contributed by atoms with Gasteiger partial charge >= 0.3 is 0 Å². The molecule has 1 aromatic carbocycles. The number of nitrogens with zero attached hydrogens (tertiary/aromatic N) is 2. The van der Waals surface area contributed by atoms with Crippen molar-refractivity contribution in [3.63, 3.8) is 0 Å². The van der Waals surface area contributed by atoms with E-state index in [1.54, 1.807) is 10.9 Å². The number of halogens is 2. The summed E-state index contributed by atoms with van der Waals surface area (Å²) in [5.41, 5.74) is 7.81. The van der Waals surface area contributed by atoms with E-state index in [9.17, 15) is 4.79 Å². The van der Waals surface area contributed by atoms with Crippen LogP contribution in [0.1, 0.15) is 42.2 Å². The molecule has 1 heterocycles. The smallest absolute Gasteiger partial charge is 0.254 e. The number of amides is 1. The van der Waals surface area contributed by atoms with Crippen molar-refractivity contribution in [1.29, 1.82) is 0 Å². The van der Waals surface area contributed by atoms with E-state index < -0.39 is 0 Å². The van der Waals surface area contributed by atoms with Crippen molar-refractivity contribution in [2.45, 2.75) is 26.2 Å². The van der Waals surface area contributed by atoms with Gasteiger partial charge in [-0.25, -0.2) is 4.68 Å². The van der Waals surface area contributed by atoms with E-state index in [0.29, 0.717) is 23.7 Å². The molecule has 0 spiro atoms. The molecule has 0 aliphatic carbocycles. The molecule has 0 atom stereocenters. The summed E-state index contributed by atoms with van der Waals surface area (Å²) in [4.78, 5) is 12.3. The molecule has 5 nitrogen and oxygen atoms in total. The minimum Gasteiger partial charge on any atom is -0.352 e. The zero-order valence-electron chi connectivity index (χ0n) is 13.3. The van der Waals surface area contributed by atoms with Crippen molar-refractivity contribution in [1.82, 2.24) is 15.1 Å². The molecule has 0 bridgehead atoms. The number of benzene rings is 1. The van der Waals surface area contributed by atoms with E-state index in [2.05, 4.69) is 10.4 Å². The van der Waals surface area contributed by atoms with Crippen molar-refractivity contribution in [3.8, 4) is 5.69 Å². The molecule has 126 valence electrons. The van der Waals surface area contributed by atoms with Crippen molar-refractivity contribution in [3.05, 3.63) is 46.7 Å². The Kier molecular flexibility index (Phi) is 7.55. The Morgan fingerprint density at radius 3 is 2.57 bits per heavy atom. The fourth-order valence-electron chi connectivity index (χ4n) is 2.28. The average Bonchev–Trinajstić information content (AvgIpc) is 2.93. The zero-order chi connectivity index (χ0) is 16.1. The van der Waals surface area contributed by atoms with Crippen LogP contribution in [-0.2, 0) is 0 Å². The normalized spacial score (nSPS) is 10.5. The van der Waals surface area contributed by atoms with Crippen LogP contribution >= 0.6 is 24.0 Å². The summed E-state index contributed by atoms with van der Waals surface area (Å²) in [5, 5.41) is 7.92. The van der Waals surface area contributed by atoms with Crippen LogP contribution in [0.5, 0.6) is 0 Å². The third-order valence-electron chi connectivity index (χ3n) is 3.34. The van der Waals surface area contributed by atoms with Crippen LogP contribution in [0.3, 0.4) is 0 Å². The lowest BCUT2D eigenvalue weighted by Gasteiger charge is -2.13. The molecule has 3 N–H and O–H groups in total. The molecule has 0 saturated heterocycles. The van der Waals surface area contributed by atoms with Crippen molar-refractivity contribution in [2.24, 2.45) is 5.73 Å². The molecule has 7 heteroatoms. The lowest BCUT2D eigenvalue weighted by atomic mass is 10.0. The van der Waals surface area contributed by atoms with Crippen molar-refractivity contribution < 1.29 is 4.79 Å². The number of nitrogens with two attached hydrogens (primary N) is 1. The second-order valence-corrected chi connectivity index (χ2v) is 5.82. The number of rotatable bonds is 6. The van der Waals surface area contributed by atoms with E-state index >= 15 is 0 Å². The van der Waals surface area contributed by atoms with Crippen LogP contribution in [0.2, 0.25) is 5.02 Å². The number of hydrogen-bond donors (Lipinski definition) is 2.